The molecule has 0 spiro atoms. The first-order valence-corrected chi connectivity index (χ1v) is 12.0. The zero-order chi connectivity index (χ0) is 25.2. The summed E-state index contributed by atoms with van der Waals surface area (Å²) >= 11 is 0. The molecule has 1 unspecified atom stereocenters. The van der Waals surface area contributed by atoms with E-state index in [1.807, 2.05) is 32.0 Å². The summed E-state index contributed by atoms with van der Waals surface area (Å²) in [5.41, 5.74) is 3.13. The number of fused-ring (bicyclic) bond motifs is 1. The number of rotatable bonds is 5. The second-order valence-electron chi connectivity index (χ2n) is 9.62. The van der Waals surface area contributed by atoms with Crippen LogP contribution >= 0.6 is 0 Å². The molecule has 8 heteroatoms. The summed E-state index contributed by atoms with van der Waals surface area (Å²) in [5.74, 6) is 1.03. The molecule has 36 heavy (non-hydrogen) atoms. The molecule has 0 radical (unpaired) electrons. The van der Waals surface area contributed by atoms with Gasteiger partial charge in [-0.05, 0) is 64.8 Å². The van der Waals surface area contributed by atoms with Gasteiger partial charge in [-0.1, -0.05) is 17.3 Å². The van der Waals surface area contributed by atoms with Gasteiger partial charge >= 0.3 is 0 Å². The highest BCUT2D eigenvalue weighted by Crippen LogP contribution is 2.46. The van der Waals surface area contributed by atoms with Gasteiger partial charge in [0, 0.05) is 40.2 Å². The molecule has 0 amide bonds. The Bertz CT molecular complexity index is 1600. The summed E-state index contributed by atoms with van der Waals surface area (Å²) in [6.45, 7) is 7.28. The first kappa shape index (κ1) is 22.5. The Balaban J connectivity index is 1.75. The molecule has 1 saturated carbocycles. The molecule has 1 aliphatic carbocycles. The summed E-state index contributed by atoms with van der Waals surface area (Å²) in [5, 5.41) is 16.7. The number of hydrogen-bond donors (Lipinski definition) is 2. The average Bonchev–Trinajstić information content (AvgIpc) is 3.53. The number of halogens is 1. The minimum Gasteiger partial charge on any atom is -0.374 e. The van der Waals surface area contributed by atoms with E-state index >= 15 is 4.39 Å². The number of aryl methyl sites for hydroxylation is 4. The molecule has 1 fully saturated rings. The van der Waals surface area contributed by atoms with Gasteiger partial charge in [-0.15, -0.1) is 0 Å². The number of aromatic amines is 1. The number of aliphatic hydroxyl groups is 1. The van der Waals surface area contributed by atoms with Gasteiger partial charge in [0.15, 0.2) is 11.4 Å². The third kappa shape index (κ3) is 3.36. The van der Waals surface area contributed by atoms with Crippen LogP contribution in [0.2, 0.25) is 0 Å². The Morgan fingerprint density at radius 3 is 2.47 bits per heavy atom. The number of nitrogens with one attached hydrogen (secondary N) is 1. The Morgan fingerprint density at radius 1 is 1.03 bits per heavy atom. The molecule has 7 nitrogen and oxygen atoms in total. The molecule has 2 N–H and O–H groups in total. The molecule has 0 saturated heterocycles. The monoisotopic (exact) mass is 483 g/mol. The van der Waals surface area contributed by atoms with Gasteiger partial charge in [-0.2, -0.15) is 0 Å². The van der Waals surface area contributed by atoms with E-state index in [-0.39, 0.29) is 17.0 Å². The standard InChI is InChI=1S/C28H26FN5O2/c1-14-8-11-20(15(2)31-14)28(35,22-7-5-6-12-30-22)21-13-19(23-16(3)34-36-17(23)4)24(29)26-25(21)32-27(33-26)18-9-10-18/h5-8,11-13,18,35H,9-10H2,1-4H3,(H,32,33). The van der Waals surface area contributed by atoms with E-state index in [0.717, 1.165) is 24.4 Å². The maximum absolute atomic E-state index is 16.1. The van der Waals surface area contributed by atoms with Crippen molar-refractivity contribution in [2.24, 2.45) is 0 Å². The highest BCUT2D eigenvalue weighted by molar-refractivity contribution is 5.89. The van der Waals surface area contributed by atoms with E-state index < -0.39 is 11.4 Å². The summed E-state index contributed by atoms with van der Waals surface area (Å²) in [6.07, 6.45) is 3.63. The summed E-state index contributed by atoms with van der Waals surface area (Å²) in [7, 11) is 0. The molecule has 0 aliphatic heterocycles. The molecular formula is C28H26FN5O2. The van der Waals surface area contributed by atoms with Gasteiger partial charge in [0.25, 0.3) is 0 Å². The predicted octanol–water partition coefficient (Wildman–Crippen LogP) is 5.54. The number of aromatic nitrogens is 5. The maximum Gasteiger partial charge on any atom is 0.161 e. The second-order valence-corrected chi connectivity index (χ2v) is 9.62. The Labute approximate surface area is 207 Å². The van der Waals surface area contributed by atoms with Crippen molar-refractivity contribution < 1.29 is 14.0 Å². The predicted molar refractivity (Wildman–Crippen MR) is 133 cm³/mol. The smallest absolute Gasteiger partial charge is 0.161 e. The van der Waals surface area contributed by atoms with Crippen LogP contribution in [0.15, 0.2) is 47.1 Å². The average molecular weight is 484 g/mol. The van der Waals surface area contributed by atoms with Crippen molar-refractivity contribution in [1.82, 2.24) is 25.1 Å². The number of imidazole rings is 1. The van der Waals surface area contributed by atoms with E-state index in [2.05, 4.69) is 20.1 Å². The van der Waals surface area contributed by atoms with Crippen LogP contribution in [0.4, 0.5) is 4.39 Å². The van der Waals surface area contributed by atoms with Gasteiger partial charge < -0.3 is 14.6 Å². The molecule has 5 aromatic rings. The van der Waals surface area contributed by atoms with Crippen molar-refractivity contribution in [3.63, 3.8) is 0 Å². The fraction of sp³-hybridized carbons (Fsp3) is 0.286. The highest BCUT2D eigenvalue weighted by Gasteiger charge is 2.41. The van der Waals surface area contributed by atoms with E-state index in [9.17, 15) is 5.11 Å². The minimum absolute atomic E-state index is 0.247. The highest BCUT2D eigenvalue weighted by atomic mass is 19.1. The fourth-order valence-corrected chi connectivity index (χ4v) is 5.10. The molecular weight excluding hydrogens is 457 g/mol. The molecule has 4 heterocycles. The molecule has 6 rings (SSSR count). The topological polar surface area (TPSA) is 101 Å². The summed E-state index contributed by atoms with van der Waals surface area (Å²) < 4.78 is 21.5. The van der Waals surface area contributed by atoms with Gasteiger partial charge in [-0.25, -0.2) is 9.37 Å². The Kier molecular flexibility index (Phi) is 5.05. The van der Waals surface area contributed by atoms with Crippen molar-refractivity contribution >= 4 is 11.0 Å². The fourth-order valence-electron chi connectivity index (χ4n) is 5.10. The van der Waals surface area contributed by atoms with Crippen molar-refractivity contribution in [3.8, 4) is 11.1 Å². The van der Waals surface area contributed by atoms with E-state index in [4.69, 9.17) is 9.51 Å². The summed E-state index contributed by atoms with van der Waals surface area (Å²) in [6, 6.07) is 10.7. The molecule has 182 valence electrons. The van der Waals surface area contributed by atoms with Crippen LogP contribution in [0.25, 0.3) is 22.2 Å². The van der Waals surface area contributed by atoms with Crippen LogP contribution in [0.5, 0.6) is 0 Å². The molecule has 1 atom stereocenters. The Hall–Kier alpha value is -3.91. The zero-order valence-corrected chi connectivity index (χ0v) is 20.6. The first-order chi connectivity index (χ1) is 17.3. The van der Waals surface area contributed by atoms with Crippen LogP contribution in [-0.2, 0) is 5.60 Å². The third-order valence-corrected chi connectivity index (χ3v) is 7.03. The molecule has 4 aromatic heterocycles. The lowest BCUT2D eigenvalue weighted by Gasteiger charge is -2.30. The lowest BCUT2D eigenvalue weighted by atomic mass is 9.80. The van der Waals surface area contributed by atoms with Crippen LogP contribution in [0, 0.1) is 33.5 Å². The van der Waals surface area contributed by atoms with Crippen molar-refractivity contribution in [2.45, 2.75) is 52.1 Å². The van der Waals surface area contributed by atoms with Crippen molar-refractivity contribution in [2.75, 3.05) is 0 Å². The zero-order valence-electron chi connectivity index (χ0n) is 20.6. The van der Waals surface area contributed by atoms with Gasteiger partial charge in [0.1, 0.15) is 17.1 Å². The molecule has 0 bridgehead atoms. The van der Waals surface area contributed by atoms with Crippen molar-refractivity contribution in [3.05, 3.63) is 93.9 Å². The van der Waals surface area contributed by atoms with Crippen molar-refractivity contribution in [1.29, 1.82) is 0 Å². The maximum atomic E-state index is 16.1. The van der Waals surface area contributed by atoms with Gasteiger partial charge in [0.05, 0.1) is 22.5 Å². The van der Waals surface area contributed by atoms with E-state index in [0.29, 0.717) is 45.0 Å². The first-order valence-electron chi connectivity index (χ1n) is 12.0. The number of hydrogen-bond acceptors (Lipinski definition) is 6. The number of benzene rings is 1. The number of H-pyrrole nitrogens is 1. The van der Waals surface area contributed by atoms with Gasteiger partial charge in [-0.3, -0.25) is 9.97 Å². The lowest BCUT2D eigenvalue weighted by molar-refractivity contribution is 0.121. The van der Waals surface area contributed by atoms with Gasteiger partial charge in [0.2, 0.25) is 0 Å². The second kappa shape index (κ2) is 8.06. The largest absolute Gasteiger partial charge is 0.374 e. The van der Waals surface area contributed by atoms with E-state index in [1.165, 1.54) is 0 Å². The normalized spacial score (nSPS) is 15.4. The third-order valence-electron chi connectivity index (χ3n) is 7.03. The summed E-state index contributed by atoms with van der Waals surface area (Å²) in [4.78, 5) is 17.2. The lowest BCUT2D eigenvalue weighted by Crippen LogP contribution is -2.32. The number of pyridine rings is 2. The quantitative estimate of drug-likeness (QED) is 0.340. The minimum atomic E-state index is -1.75. The van der Waals surface area contributed by atoms with E-state index in [1.54, 1.807) is 38.2 Å². The van der Waals surface area contributed by atoms with Crippen LogP contribution in [0.3, 0.4) is 0 Å². The van der Waals surface area contributed by atoms with Crippen LogP contribution in [-0.4, -0.2) is 30.2 Å². The number of nitrogens with zero attached hydrogens (tertiary/aromatic N) is 4. The van der Waals surface area contributed by atoms with Crippen LogP contribution < -0.4 is 0 Å². The van der Waals surface area contributed by atoms with Crippen LogP contribution in [0.1, 0.15) is 64.2 Å². The molecule has 1 aromatic carbocycles. The Morgan fingerprint density at radius 2 is 1.83 bits per heavy atom. The SMILES string of the molecule is Cc1ccc(C(O)(c2ccccn2)c2cc(-c3c(C)noc3C)c(F)c3[nH]c(C4CC4)nc23)c(C)n1. The molecule has 1 aliphatic rings.